The van der Waals surface area contributed by atoms with Gasteiger partial charge in [-0.1, -0.05) is 49.6 Å². The summed E-state index contributed by atoms with van der Waals surface area (Å²) in [5, 5.41) is 21.9. The Morgan fingerprint density at radius 1 is 1.00 bits per heavy atom. The molecule has 0 bridgehead atoms. The zero-order valence-corrected chi connectivity index (χ0v) is 22.9. The van der Waals surface area contributed by atoms with Gasteiger partial charge in [0.05, 0.1) is 11.1 Å². The van der Waals surface area contributed by atoms with Crippen LogP contribution in [0.25, 0.3) is 0 Å². The van der Waals surface area contributed by atoms with E-state index in [4.69, 9.17) is 16.3 Å². The van der Waals surface area contributed by atoms with Gasteiger partial charge in [0.25, 0.3) is 0 Å². The quantitative estimate of drug-likeness (QED) is 0.447. The molecule has 1 aliphatic heterocycles. The molecule has 2 N–H and O–H groups in total. The van der Waals surface area contributed by atoms with Gasteiger partial charge < -0.3 is 14.9 Å². The van der Waals surface area contributed by atoms with Gasteiger partial charge in [-0.15, -0.1) is 0 Å². The maximum Gasteiger partial charge on any atom is 0.134 e. The van der Waals surface area contributed by atoms with Crippen molar-refractivity contribution in [1.29, 1.82) is 0 Å². The molecule has 0 aromatic heterocycles. The monoisotopic (exact) mass is 523 g/mol. The molecule has 4 aliphatic rings. The minimum absolute atomic E-state index is 0.0492. The minimum atomic E-state index is -0.229. The third-order valence-corrected chi connectivity index (χ3v) is 10.9. The second kappa shape index (κ2) is 10.4. The number of aliphatic hydroxyl groups is 1. The van der Waals surface area contributed by atoms with E-state index in [1.165, 1.54) is 49.9 Å². The Morgan fingerprint density at radius 2 is 1.76 bits per heavy atom. The molecule has 4 nitrogen and oxygen atoms in total. The van der Waals surface area contributed by atoms with Crippen LogP contribution in [-0.2, 0) is 6.42 Å². The lowest BCUT2D eigenvalue weighted by Crippen LogP contribution is -2.47. The Bertz CT molecular complexity index is 1100. The lowest BCUT2D eigenvalue weighted by molar-refractivity contribution is -0.0322. The standard InChI is InChI=1S/C32H42ClNO3/c1-32-20-26(21-6-8-22(9-7-21)37-19-18-34-16-4-2-3-5-17-34)30-23-12-14-28(35)31(33)24(23)10-11-25(30)27(32)13-15-29(32)36/h6-9,12,14,25-27,29-30,35-36H,2-5,10-11,13,15-20H2,1H3/t25-,26+,27-,29-,30+,32-/m0/s1. The van der Waals surface area contributed by atoms with Crippen molar-refractivity contribution in [2.45, 2.75) is 82.7 Å². The Morgan fingerprint density at radius 3 is 2.51 bits per heavy atom. The van der Waals surface area contributed by atoms with Crippen LogP contribution in [0.15, 0.2) is 36.4 Å². The first-order valence-electron chi connectivity index (χ1n) is 14.6. The van der Waals surface area contributed by atoms with Gasteiger partial charge in [-0.05, 0) is 122 Å². The van der Waals surface area contributed by atoms with Crippen molar-refractivity contribution in [2.75, 3.05) is 26.2 Å². The largest absolute Gasteiger partial charge is 0.506 e. The highest BCUT2D eigenvalue weighted by molar-refractivity contribution is 6.32. The molecule has 5 heteroatoms. The number of ether oxygens (including phenoxy) is 1. The lowest BCUT2D eigenvalue weighted by atomic mass is 9.51. The van der Waals surface area contributed by atoms with Crippen LogP contribution >= 0.6 is 11.6 Å². The van der Waals surface area contributed by atoms with Crippen LogP contribution in [0.1, 0.15) is 86.8 Å². The maximum atomic E-state index is 11.1. The molecule has 0 spiro atoms. The molecular weight excluding hydrogens is 482 g/mol. The smallest absolute Gasteiger partial charge is 0.134 e. The summed E-state index contributed by atoms with van der Waals surface area (Å²) in [7, 11) is 0. The molecule has 1 saturated heterocycles. The average molecular weight is 524 g/mol. The second-order valence-corrected chi connectivity index (χ2v) is 12.8. The number of aromatic hydroxyl groups is 1. The van der Waals surface area contributed by atoms with Crippen molar-refractivity contribution >= 4 is 11.6 Å². The number of halogens is 1. The topological polar surface area (TPSA) is 52.9 Å². The molecule has 0 radical (unpaired) electrons. The number of aliphatic hydroxyl groups excluding tert-OH is 1. The Kier molecular flexibility index (Phi) is 7.20. The van der Waals surface area contributed by atoms with Gasteiger partial charge in [-0.2, -0.15) is 0 Å². The highest BCUT2D eigenvalue weighted by Gasteiger charge is 2.57. The first-order valence-corrected chi connectivity index (χ1v) is 15.0. The molecule has 0 amide bonds. The van der Waals surface area contributed by atoms with Crippen molar-refractivity contribution in [3.63, 3.8) is 0 Å². The zero-order chi connectivity index (χ0) is 25.6. The molecule has 37 heavy (non-hydrogen) atoms. The predicted octanol–water partition coefficient (Wildman–Crippen LogP) is 6.91. The predicted molar refractivity (Wildman–Crippen MR) is 149 cm³/mol. The van der Waals surface area contributed by atoms with Crippen LogP contribution in [0.4, 0.5) is 0 Å². The first-order chi connectivity index (χ1) is 18.0. The van der Waals surface area contributed by atoms with E-state index in [1.807, 2.05) is 0 Å². The number of rotatable bonds is 5. The zero-order valence-electron chi connectivity index (χ0n) is 22.2. The summed E-state index contributed by atoms with van der Waals surface area (Å²) in [6.07, 6.45) is 10.1. The van der Waals surface area contributed by atoms with Gasteiger partial charge in [0.15, 0.2) is 0 Å². The molecule has 3 fully saturated rings. The number of hydrogen-bond donors (Lipinski definition) is 2. The van der Waals surface area contributed by atoms with Crippen LogP contribution < -0.4 is 4.74 Å². The van der Waals surface area contributed by atoms with Crippen molar-refractivity contribution in [1.82, 2.24) is 4.90 Å². The van der Waals surface area contributed by atoms with Gasteiger partial charge >= 0.3 is 0 Å². The third kappa shape index (κ3) is 4.68. The van der Waals surface area contributed by atoms with Gasteiger partial charge in [-0.3, -0.25) is 4.90 Å². The molecule has 2 aromatic rings. The number of benzene rings is 2. The Labute approximate surface area is 227 Å². The number of hydrogen-bond acceptors (Lipinski definition) is 4. The van der Waals surface area contributed by atoms with Crippen molar-refractivity contribution in [3.8, 4) is 11.5 Å². The van der Waals surface area contributed by atoms with Crippen LogP contribution in [0, 0.1) is 17.3 Å². The number of phenolic OH excluding ortho intramolecular Hbond substituents is 1. The van der Waals surface area contributed by atoms with E-state index in [0.717, 1.165) is 56.6 Å². The third-order valence-electron chi connectivity index (χ3n) is 10.5. The fraction of sp³-hybridized carbons (Fsp3) is 0.625. The van der Waals surface area contributed by atoms with E-state index in [9.17, 15) is 10.2 Å². The van der Waals surface area contributed by atoms with E-state index in [0.29, 0.717) is 28.7 Å². The van der Waals surface area contributed by atoms with Crippen LogP contribution in [0.3, 0.4) is 0 Å². The van der Waals surface area contributed by atoms with E-state index >= 15 is 0 Å². The summed E-state index contributed by atoms with van der Waals surface area (Å²) in [5.41, 5.74) is 3.71. The molecule has 3 aliphatic carbocycles. The van der Waals surface area contributed by atoms with E-state index < -0.39 is 0 Å². The average Bonchev–Trinajstić information content (AvgIpc) is 3.06. The molecule has 6 rings (SSSR count). The van der Waals surface area contributed by atoms with Crippen LogP contribution in [0.5, 0.6) is 11.5 Å². The molecule has 6 atom stereocenters. The minimum Gasteiger partial charge on any atom is -0.506 e. The van der Waals surface area contributed by atoms with Gasteiger partial charge in [-0.25, -0.2) is 0 Å². The van der Waals surface area contributed by atoms with Gasteiger partial charge in [0.1, 0.15) is 18.1 Å². The van der Waals surface area contributed by atoms with Gasteiger partial charge in [0, 0.05) is 6.54 Å². The Hall–Kier alpha value is -1.75. The molecule has 0 unspecified atom stereocenters. The highest BCUT2D eigenvalue weighted by Crippen LogP contribution is 2.65. The summed E-state index contributed by atoms with van der Waals surface area (Å²) in [6.45, 7) is 6.45. The first kappa shape index (κ1) is 25.5. The fourth-order valence-electron chi connectivity index (χ4n) is 8.50. The number of nitrogens with zero attached hydrogens (tertiary/aromatic N) is 1. The van der Waals surface area contributed by atoms with E-state index in [2.05, 4.69) is 42.2 Å². The molecule has 2 aromatic carbocycles. The van der Waals surface area contributed by atoms with Crippen molar-refractivity contribution in [3.05, 3.63) is 58.1 Å². The SMILES string of the molecule is C[C@]12C[C@H](c3ccc(OCCN4CCCCCC4)cc3)[C@@H]3c4ccc(O)c(Cl)c4CC[C@H]3[C@@H]1CC[C@@H]2O. The summed E-state index contributed by atoms with van der Waals surface area (Å²) >= 11 is 6.62. The van der Waals surface area contributed by atoms with Gasteiger partial charge in [0.2, 0.25) is 0 Å². The lowest BCUT2D eigenvalue weighted by Gasteiger charge is -2.54. The summed E-state index contributed by atoms with van der Waals surface area (Å²) < 4.78 is 6.16. The fourth-order valence-corrected chi connectivity index (χ4v) is 8.77. The van der Waals surface area contributed by atoms with E-state index in [1.54, 1.807) is 6.07 Å². The number of phenols is 1. The summed E-state index contributed by atoms with van der Waals surface area (Å²) in [4.78, 5) is 2.54. The normalized spacial score (nSPS) is 33.8. The molecule has 1 heterocycles. The molecule has 200 valence electrons. The molecule has 2 saturated carbocycles. The highest BCUT2D eigenvalue weighted by atomic mass is 35.5. The maximum absolute atomic E-state index is 11.1. The van der Waals surface area contributed by atoms with Crippen LogP contribution in [0.2, 0.25) is 5.02 Å². The Balaban J connectivity index is 1.24. The molecular formula is C32H42ClNO3. The summed E-state index contributed by atoms with van der Waals surface area (Å²) in [6, 6.07) is 12.7. The van der Waals surface area contributed by atoms with E-state index in [-0.39, 0.29) is 17.3 Å². The van der Waals surface area contributed by atoms with Crippen LogP contribution in [-0.4, -0.2) is 47.5 Å². The second-order valence-electron chi connectivity index (χ2n) is 12.4. The van der Waals surface area contributed by atoms with Crippen molar-refractivity contribution < 1.29 is 14.9 Å². The van der Waals surface area contributed by atoms with Crippen molar-refractivity contribution in [2.24, 2.45) is 17.3 Å². The summed E-state index contributed by atoms with van der Waals surface area (Å²) in [5.74, 6) is 2.86. The number of fused-ring (bicyclic) bond motifs is 5. The number of likely N-dealkylation sites (tertiary alicyclic amines) is 1.